The van der Waals surface area contributed by atoms with Gasteiger partial charge in [-0.05, 0) is 24.5 Å². The van der Waals surface area contributed by atoms with Gasteiger partial charge >= 0.3 is 0 Å². The van der Waals surface area contributed by atoms with E-state index >= 15 is 0 Å². The van der Waals surface area contributed by atoms with E-state index in [1.54, 1.807) is 4.90 Å². The Morgan fingerprint density at radius 2 is 2.21 bits per heavy atom. The van der Waals surface area contributed by atoms with Gasteiger partial charge in [-0.25, -0.2) is 0 Å². The molecule has 1 aliphatic rings. The molecule has 2 rings (SSSR count). The highest BCUT2D eigenvalue weighted by Crippen LogP contribution is 2.18. The molecule has 4 heteroatoms. The van der Waals surface area contributed by atoms with Crippen molar-refractivity contribution < 1.29 is 9.59 Å². The molecule has 0 radical (unpaired) electrons. The smallest absolute Gasteiger partial charge is 0.254 e. The number of fused-ring (bicyclic) bond motifs is 1. The first-order valence-electron chi connectivity index (χ1n) is 6.29. The minimum Gasteiger partial charge on any atom is -0.344 e. The Balaban J connectivity index is 2.09. The van der Waals surface area contributed by atoms with E-state index in [0.717, 1.165) is 18.4 Å². The minimum atomic E-state index is -0.217. The number of rotatable bonds is 3. The van der Waals surface area contributed by atoms with Crippen LogP contribution < -0.4 is 5.32 Å². The van der Waals surface area contributed by atoms with Gasteiger partial charge in [-0.15, -0.1) is 6.42 Å². The van der Waals surface area contributed by atoms with Crippen LogP contribution in [0.3, 0.4) is 0 Å². The van der Waals surface area contributed by atoms with Crippen molar-refractivity contribution in [1.29, 1.82) is 0 Å². The van der Waals surface area contributed by atoms with E-state index in [0.29, 0.717) is 12.1 Å². The standard InChI is InChI=1S/C15H16N2O2/c1-2-9-16-14(18)11-17-10-5-7-12-6-3-4-8-13(12)15(17)19/h1,3-4,6,8H,5,7,9-11H2,(H,16,18). The van der Waals surface area contributed by atoms with Gasteiger partial charge in [0.2, 0.25) is 5.91 Å². The van der Waals surface area contributed by atoms with Crippen molar-refractivity contribution in [2.75, 3.05) is 19.6 Å². The van der Waals surface area contributed by atoms with Gasteiger partial charge in [-0.2, -0.15) is 0 Å². The maximum absolute atomic E-state index is 12.4. The molecule has 19 heavy (non-hydrogen) atoms. The third-order valence-corrected chi connectivity index (χ3v) is 3.13. The van der Waals surface area contributed by atoms with E-state index in [1.807, 2.05) is 24.3 Å². The van der Waals surface area contributed by atoms with Crippen LogP contribution in [0.1, 0.15) is 22.3 Å². The molecule has 0 aromatic heterocycles. The Morgan fingerprint density at radius 1 is 1.42 bits per heavy atom. The maximum Gasteiger partial charge on any atom is 0.254 e. The zero-order valence-corrected chi connectivity index (χ0v) is 10.7. The number of carbonyl (C=O) groups is 2. The van der Waals surface area contributed by atoms with Crippen LogP contribution in [0.2, 0.25) is 0 Å². The van der Waals surface area contributed by atoms with Crippen molar-refractivity contribution in [3.63, 3.8) is 0 Å². The van der Waals surface area contributed by atoms with Crippen LogP contribution in [0.15, 0.2) is 24.3 Å². The molecule has 4 nitrogen and oxygen atoms in total. The monoisotopic (exact) mass is 256 g/mol. The molecular weight excluding hydrogens is 240 g/mol. The highest BCUT2D eigenvalue weighted by atomic mass is 16.2. The number of hydrogen-bond donors (Lipinski definition) is 1. The predicted octanol–water partition coefficient (Wildman–Crippen LogP) is 0.824. The summed E-state index contributed by atoms with van der Waals surface area (Å²) in [6, 6.07) is 7.56. The minimum absolute atomic E-state index is 0.0643. The Bertz CT molecular complexity index is 531. The van der Waals surface area contributed by atoms with Crippen molar-refractivity contribution in [3.8, 4) is 12.3 Å². The molecule has 0 fully saturated rings. The second-order valence-electron chi connectivity index (χ2n) is 4.47. The molecule has 98 valence electrons. The van der Waals surface area contributed by atoms with Gasteiger partial charge in [0.25, 0.3) is 5.91 Å². The second-order valence-corrected chi connectivity index (χ2v) is 4.47. The van der Waals surface area contributed by atoms with Crippen LogP contribution in [0.25, 0.3) is 0 Å². The molecular formula is C15H16N2O2. The molecule has 1 heterocycles. The molecule has 0 unspecified atom stereocenters. The van der Waals surface area contributed by atoms with E-state index in [2.05, 4.69) is 11.2 Å². The van der Waals surface area contributed by atoms with Gasteiger partial charge in [0, 0.05) is 12.1 Å². The molecule has 0 saturated heterocycles. The maximum atomic E-state index is 12.4. The fourth-order valence-electron chi connectivity index (χ4n) is 2.21. The van der Waals surface area contributed by atoms with Crippen LogP contribution in [0.5, 0.6) is 0 Å². The number of nitrogens with one attached hydrogen (secondary N) is 1. The van der Waals surface area contributed by atoms with Gasteiger partial charge in [0.1, 0.15) is 0 Å². The number of aryl methyl sites for hydroxylation is 1. The number of terminal acetylenes is 1. The molecule has 0 spiro atoms. The van der Waals surface area contributed by atoms with Gasteiger partial charge < -0.3 is 10.2 Å². The Morgan fingerprint density at radius 3 is 3.00 bits per heavy atom. The van der Waals surface area contributed by atoms with Crippen LogP contribution in [0.4, 0.5) is 0 Å². The van der Waals surface area contributed by atoms with E-state index in [9.17, 15) is 9.59 Å². The van der Waals surface area contributed by atoms with Crippen molar-refractivity contribution in [1.82, 2.24) is 10.2 Å². The van der Waals surface area contributed by atoms with E-state index < -0.39 is 0 Å². The quantitative estimate of drug-likeness (QED) is 0.814. The summed E-state index contributed by atoms with van der Waals surface area (Å²) in [5.41, 5.74) is 1.75. The molecule has 0 bridgehead atoms. The van der Waals surface area contributed by atoms with Crippen LogP contribution >= 0.6 is 0 Å². The average Bonchev–Trinajstić information content (AvgIpc) is 2.58. The molecule has 0 atom stereocenters. The van der Waals surface area contributed by atoms with Crippen molar-refractivity contribution in [3.05, 3.63) is 35.4 Å². The number of hydrogen-bond acceptors (Lipinski definition) is 2. The summed E-state index contributed by atoms with van der Waals surface area (Å²) in [4.78, 5) is 25.6. The third kappa shape index (κ3) is 3.14. The fraction of sp³-hybridized carbons (Fsp3) is 0.333. The first-order valence-corrected chi connectivity index (χ1v) is 6.29. The summed E-state index contributed by atoms with van der Waals surface area (Å²) < 4.78 is 0. The Labute approximate surface area is 112 Å². The summed E-state index contributed by atoms with van der Waals surface area (Å²) in [7, 11) is 0. The van der Waals surface area contributed by atoms with Crippen molar-refractivity contribution in [2.24, 2.45) is 0 Å². The lowest BCUT2D eigenvalue weighted by molar-refractivity contribution is -0.121. The highest BCUT2D eigenvalue weighted by molar-refractivity contribution is 5.98. The summed E-state index contributed by atoms with van der Waals surface area (Å²) in [6.45, 7) is 0.850. The molecule has 1 N–H and O–H groups in total. The Hall–Kier alpha value is -2.28. The van der Waals surface area contributed by atoms with Gasteiger partial charge in [0.15, 0.2) is 0 Å². The lowest BCUT2D eigenvalue weighted by Gasteiger charge is -2.20. The second kappa shape index (κ2) is 6.05. The molecule has 1 aromatic rings. The Kier molecular flexibility index (Phi) is 4.19. The summed E-state index contributed by atoms with van der Waals surface area (Å²) in [5.74, 6) is 2.04. The van der Waals surface area contributed by atoms with Gasteiger partial charge in [-0.3, -0.25) is 9.59 Å². The molecule has 1 aromatic carbocycles. The first-order chi connectivity index (χ1) is 9.22. The number of benzene rings is 1. The molecule has 1 aliphatic heterocycles. The first kappa shape index (κ1) is 13.2. The third-order valence-electron chi connectivity index (χ3n) is 3.13. The summed E-state index contributed by atoms with van der Waals surface area (Å²) in [6.07, 6.45) is 6.81. The van der Waals surface area contributed by atoms with Crippen molar-refractivity contribution >= 4 is 11.8 Å². The van der Waals surface area contributed by atoms with Crippen LogP contribution in [-0.4, -0.2) is 36.3 Å². The average molecular weight is 256 g/mol. The largest absolute Gasteiger partial charge is 0.344 e. The zero-order chi connectivity index (χ0) is 13.7. The molecule has 0 aliphatic carbocycles. The molecule has 2 amide bonds. The number of nitrogens with zero attached hydrogens (tertiary/aromatic N) is 1. The van der Waals surface area contributed by atoms with Crippen molar-refractivity contribution in [2.45, 2.75) is 12.8 Å². The number of amides is 2. The molecule has 0 saturated carbocycles. The SMILES string of the molecule is C#CCNC(=O)CN1CCCc2ccccc2C1=O. The fourth-order valence-corrected chi connectivity index (χ4v) is 2.21. The summed E-state index contributed by atoms with van der Waals surface area (Å²) in [5, 5.41) is 2.58. The van der Waals surface area contributed by atoms with Gasteiger partial charge in [0.05, 0.1) is 13.1 Å². The lowest BCUT2D eigenvalue weighted by atomic mass is 10.0. The van der Waals surface area contributed by atoms with Crippen LogP contribution in [0, 0.1) is 12.3 Å². The van der Waals surface area contributed by atoms with E-state index in [1.165, 1.54) is 0 Å². The zero-order valence-electron chi connectivity index (χ0n) is 10.7. The van der Waals surface area contributed by atoms with Gasteiger partial charge in [-0.1, -0.05) is 24.1 Å². The number of carbonyl (C=O) groups excluding carboxylic acids is 2. The van der Waals surface area contributed by atoms with E-state index in [-0.39, 0.29) is 24.9 Å². The van der Waals surface area contributed by atoms with E-state index in [4.69, 9.17) is 6.42 Å². The lowest BCUT2D eigenvalue weighted by Crippen LogP contribution is -2.40. The summed E-state index contributed by atoms with van der Waals surface area (Å²) >= 11 is 0. The normalized spacial score (nSPS) is 14.3. The van der Waals surface area contributed by atoms with Crippen LogP contribution in [-0.2, 0) is 11.2 Å². The predicted molar refractivity (Wildman–Crippen MR) is 72.5 cm³/mol. The highest BCUT2D eigenvalue weighted by Gasteiger charge is 2.23. The topological polar surface area (TPSA) is 49.4 Å².